The average Bonchev–Trinajstić information content (AvgIpc) is 2.90. The van der Waals surface area contributed by atoms with Crippen molar-refractivity contribution in [3.8, 4) is 0 Å². The zero-order valence-corrected chi connectivity index (χ0v) is 11.1. The Balaban J connectivity index is 1.86. The second kappa shape index (κ2) is 6.75. The number of carboxylic acids is 1. The van der Waals surface area contributed by atoms with Crippen LogP contribution in [-0.4, -0.2) is 23.1 Å². The molecule has 0 saturated heterocycles. The van der Waals surface area contributed by atoms with Crippen molar-refractivity contribution in [2.75, 3.05) is 5.32 Å². The van der Waals surface area contributed by atoms with Gasteiger partial charge in [0.2, 0.25) is 0 Å². The van der Waals surface area contributed by atoms with Crippen LogP contribution in [0.1, 0.15) is 31.2 Å². The van der Waals surface area contributed by atoms with Gasteiger partial charge >= 0.3 is 12.0 Å². The fourth-order valence-electron chi connectivity index (χ4n) is 2.27. The van der Waals surface area contributed by atoms with E-state index in [0.29, 0.717) is 5.69 Å². The van der Waals surface area contributed by atoms with Crippen LogP contribution >= 0.6 is 0 Å². The summed E-state index contributed by atoms with van der Waals surface area (Å²) in [4.78, 5) is 22.2. The molecule has 5 nitrogen and oxygen atoms in total. The lowest BCUT2D eigenvalue weighted by Gasteiger charge is -2.12. The van der Waals surface area contributed by atoms with E-state index in [1.54, 1.807) is 24.3 Å². The molecule has 0 bridgehead atoms. The summed E-state index contributed by atoms with van der Waals surface area (Å²) < 4.78 is 0. The first kappa shape index (κ1) is 14.1. The predicted molar refractivity (Wildman–Crippen MR) is 77.5 cm³/mol. The summed E-state index contributed by atoms with van der Waals surface area (Å²) >= 11 is 0. The van der Waals surface area contributed by atoms with Crippen LogP contribution in [0.15, 0.2) is 30.3 Å². The fourth-order valence-corrected chi connectivity index (χ4v) is 2.27. The smallest absolute Gasteiger partial charge is 0.328 e. The van der Waals surface area contributed by atoms with E-state index >= 15 is 0 Å². The second-order valence-corrected chi connectivity index (χ2v) is 4.87. The number of amides is 2. The Morgan fingerprint density at radius 2 is 1.80 bits per heavy atom. The third-order valence-electron chi connectivity index (χ3n) is 3.28. The molecule has 0 atom stereocenters. The van der Waals surface area contributed by atoms with Crippen LogP contribution < -0.4 is 10.6 Å². The molecule has 2 amide bonds. The van der Waals surface area contributed by atoms with Crippen LogP contribution in [0.4, 0.5) is 10.5 Å². The number of nitrogens with one attached hydrogen (secondary N) is 2. The maximum atomic E-state index is 11.8. The van der Waals surface area contributed by atoms with E-state index < -0.39 is 5.97 Å². The van der Waals surface area contributed by atoms with E-state index in [4.69, 9.17) is 5.11 Å². The molecule has 2 rings (SSSR count). The minimum absolute atomic E-state index is 0.189. The van der Waals surface area contributed by atoms with Gasteiger partial charge in [0.25, 0.3) is 0 Å². The minimum atomic E-state index is -0.983. The summed E-state index contributed by atoms with van der Waals surface area (Å²) in [6.45, 7) is 0. The summed E-state index contributed by atoms with van der Waals surface area (Å²) in [6.07, 6.45) is 7.03. The van der Waals surface area contributed by atoms with E-state index in [-0.39, 0.29) is 12.1 Å². The highest BCUT2D eigenvalue weighted by atomic mass is 16.4. The lowest BCUT2D eigenvalue weighted by Crippen LogP contribution is -2.36. The molecule has 0 spiro atoms. The average molecular weight is 274 g/mol. The highest BCUT2D eigenvalue weighted by Gasteiger charge is 2.16. The highest BCUT2D eigenvalue weighted by molar-refractivity contribution is 5.90. The molecule has 0 heterocycles. The van der Waals surface area contributed by atoms with Crippen molar-refractivity contribution in [3.63, 3.8) is 0 Å². The van der Waals surface area contributed by atoms with Crippen molar-refractivity contribution in [2.24, 2.45) is 0 Å². The number of anilines is 1. The number of urea groups is 1. The summed E-state index contributed by atoms with van der Waals surface area (Å²) in [7, 11) is 0. The first-order valence-electron chi connectivity index (χ1n) is 6.72. The van der Waals surface area contributed by atoms with Gasteiger partial charge in [0, 0.05) is 17.8 Å². The molecule has 3 N–H and O–H groups in total. The molecule has 20 heavy (non-hydrogen) atoms. The monoisotopic (exact) mass is 274 g/mol. The summed E-state index contributed by atoms with van der Waals surface area (Å²) in [5, 5.41) is 14.2. The van der Waals surface area contributed by atoms with Gasteiger partial charge in [0.15, 0.2) is 0 Å². The molecule has 1 aliphatic carbocycles. The molecule has 5 heteroatoms. The van der Waals surface area contributed by atoms with Gasteiger partial charge in [-0.15, -0.1) is 0 Å². The van der Waals surface area contributed by atoms with Gasteiger partial charge in [-0.2, -0.15) is 0 Å². The Morgan fingerprint density at radius 1 is 1.15 bits per heavy atom. The van der Waals surface area contributed by atoms with Crippen molar-refractivity contribution in [2.45, 2.75) is 31.7 Å². The topological polar surface area (TPSA) is 78.4 Å². The van der Waals surface area contributed by atoms with Gasteiger partial charge in [-0.3, -0.25) is 0 Å². The number of carboxylic acid groups (broad SMARTS) is 1. The van der Waals surface area contributed by atoms with Gasteiger partial charge in [0.1, 0.15) is 0 Å². The largest absolute Gasteiger partial charge is 0.478 e. The van der Waals surface area contributed by atoms with E-state index in [0.717, 1.165) is 24.5 Å². The van der Waals surface area contributed by atoms with Crippen molar-refractivity contribution < 1.29 is 14.7 Å². The third-order valence-corrected chi connectivity index (χ3v) is 3.28. The van der Waals surface area contributed by atoms with Crippen LogP contribution in [0.5, 0.6) is 0 Å². The zero-order chi connectivity index (χ0) is 14.4. The molecule has 1 fully saturated rings. The molecule has 0 aromatic heterocycles. The van der Waals surface area contributed by atoms with Crippen molar-refractivity contribution in [1.29, 1.82) is 0 Å². The summed E-state index contributed by atoms with van der Waals surface area (Å²) in [6, 6.07) is 7.10. The maximum absolute atomic E-state index is 11.8. The first-order valence-corrected chi connectivity index (χ1v) is 6.72. The molecule has 0 aliphatic heterocycles. The van der Waals surface area contributed by atoms with E-state index in [2.05, 4.69) is 10.6 Å². The van der Waals surface area contributed by atoms with Crippen LogP contribution in [0.25, 0.3) is 6.08 Å². The lowest BCUT2D eigenvalue weighted by atomic mass is 10.2. The Labute approximate surface area is 117 Å². The lowest BCUT2D eigenvalue weighted by molar-refractivity contribution is -0.131. The van der Waals surface area contributed by atoms with E-state index in [1.165, 1.54) is 18.9 Å². The quantitative estimate of drug-likeness (QED) is 0.739. The highest BCUT2D eigenvalue weighted by Crippen LogP contribution is 2.18. The summed E-state index contributed by atoms with van der Waals surface area (Å²) in [5.74, 6) is -0.983. The van der Waals surface area contributed by atoms with E-state index in [1.807, 2.05) is 0 Å². The molecule has 0 unspecified atom stereocenters. The zero-order valence-electron chi connectivity index (χ0n) is 11.1. The first-order chi connectivity index (χ1) is 9.63. The van der Waals surface area contributed by atoms with Gasteiger partial charge in [-0.1, -0.05) is 25.0 Å². The van der Waals surface area contributed by atoms with Crippen LogP contribution in [0.3, 0.4) is 0 Å². The van der Waals surface area contributed by atoms with Gasteiger partial charge in [-0.05, 0) is 36.6 Å². The van der Waals surface area contributed by atoms with Crippen molar-refractivity contribution in [3.05, 3.63) is 35.9 Å². The Morgan fingerprint density at radius 3 is 2.40 bits per heavy atom. The van der Waals surface area contributed by atoms with Crippen molar-refractivity contribution >= 4 is 23.8 Å². The predicted octanol–water partition coefficient (Wildman–Crippen LogP) is 2.85. The van der Waals surface area contributed by atoms with Gasteiger partial charge in [0.05, 0.1) is 0 Å². The maximum Gasteiger partial charge on any atom is 0.328 e. The fraction of sp³-hybridized carbons (Fsp3) is 0.333. The standard InChI is InChI=1S/C15H18N2O3/c18-14(19)10-7-11-5-8-13(9-6-11)17-15(20)16-12-3-1-2-4-12/h5-10,12H,1-4H2,(H,18,19)(H2,16,17,20). The molecular formula is C15H18N2O3. The molecule has 1 aliphatic rings. The minimum Gasteiger partial charge on any atom is -0.478 e. The van der Waals surface area contributed by atoms with Crippen LogP contribution in [0, 0.1) is 0 Å². The van der Waals surface area contributed by atoms with Crippen molar-refractivity contribution in [1.82, 2.24) is 5.32 Å². The number of carbonyl (C=O) groups is 2. The van der Waals surface area contributed by atoms with Gasteiger partial charge in [-0.25, -0.2) is 9.59 Å². The Bertz CT molecular complexity index is 502. The van der Waals surface area contributed by atoms with Crippen LogP contribution in [0.2, 0.25) is 0 Å². The van der Waals surface area contributed by atoms with E-state index in [9.17, 15) is 9.59 Å². The number of benzene rings is 1. The number of rotatable bonds is 4. The molecule has 1 aromatic carbocycles. The number of aliphatic carboxylic acids is 1. The third kappa shape index (κ3) is 4.42. The van der Waals surface area contributed by atoms with Crippen LogP contribution in [-0.2, 0) is 4.79 Å². The normalized spacial score (nSPS) is 15.4. The van der Waals surface area contributed by atoms with Gasteiger partial charge < -0.3 is 15.7 Å². The SMILES string of the molecule is O=C(O)C=Cc1ccc(NC(=O)NC2CCCC2)cc1. The Hall–Kier alpha value is -2.30. The molecule has 106 valence electrons. The molecule has 1 aromatic rings. The Kier molecular flexibility index (Phi) is 4.76. The number of hydrogen-bond acceptors (Lipinski definition) is 2. The molecule has 0 radical (unpaired) electrons. The molecule has 1 saturated carbocycles. The number of hydrogen-bond donors (Lipinski definition) is 3. The second-order valence-electron chi connectivity index (χ2n) is 4.87. The number of carbonyl (C=O) groups excluding carboxylic acids is 1. The summed E-state index contributed by atoms with van der Waals surface area (Å²) in [5.41, 5.74) is 1.46. The molecular weight excluding hydrogens is 256 g/mol.